The number of aliphatic hydroxyl groups is 1. The molecule has 0 fully saturated rings. The minimum absolute atomic E-state index is 0.0593. The standard InChI is InChI=1S/C19H16N6O2/c26-11-14-8-13(6-7-17(14)27)9-22-24-18-16-10-23-25(19(16)21-12-20-18)15-4-2-1-3-5-15/h1-8,10,12,26-27H,9,11H2. The number of rotatable bonds is 5. The predicted molar refractivity (Wildman–Crippen MR) is 98.9 cm³/mol. The minimum atomic E-state index is -0.234. The Bertz CT molecular complexity index is 1110. The monoisotopic (exact) mass is 360 g/mol. The largest absolute Gasteiger partial charge is 0.508 e. The van der Waals surface area contributed by atoms with Crippen molar-refractivity contribution in [2.45, 2.75) is 13.2 Å². The van der Waals surface area contributed by atoms with Crippen molar-refractivity contribution in [1.29, 1.82) is 0 Å². The summed E-state index contributed by atoms with van der Waals surface area (Å²) in [7, 11) is 0. The third kappa shape index (κ3) is 3.38. The van der Waals surface area contributed by atoms with Crippen molar-refractivity contribution in [1.82, 2.24) is 19.7 Å². The van der Waals surface area contributed by atoms with Gasteiger partial charge < -0.3 is 10.2 Å². The topological polar surface area (TPSA) is 109 Å². The summed E-state index contributed by atoms with van der Waals surface area (Å²) in [5, 5.41) is 32.3. The number of para-hydroxylation sites is 1. The molecule has 0 unspecified atom stereocenters. The molecule has 4 rings (SSSR count). The first-order valence-corrected chi connectivity index (χ1v) is 8.29. The molecule has 27 heavy (non-hydrogen) atoms. The van der Waals surface area contributed by atoms with Gasteiger partial charge in [0, 0.05) is 5.56 Å². The molecule has 0 spiro atoms. The van der Waals surface area contributed by atoms with E-state index in [0.717, 1.165) is 11.3 Å². The maximum absolute atomic E-state index is 9.61. The van der Waals surface area contributed by atoms with Gasteiger partial charge in [-0.3, -0.25) is 0 Å². The molecule has 0 bridgehead atoms. The Balaban J connectivity index is 1.61. The van der Waals surface area contributed by atoms with Gasteiger partial charge in [0.05, 0.1) is 30.4 Å². The number of azo groups is 1. The van der Waals surface area contributed by atoms with Crippen molar-refractivity contribution in [3.63, 3.8) is 0 Å². The van der Waals surface area contributed by atoms with E-state index in [1.807, 2.05) is 30.3 Å². The number of aromatic hydroxyl groups is 1. The molecule has 0 amide bonds. The Labute approximate surface area is 154 Å². The Morgan fingerprint density at radius 3 is 2.70 bits per heavy atom. The van der Waals surface area contributed by atoms with Crippen LogP contribution < -0.4 is 0 Å². The second-order valence-electron chi connectivity index (χ2n) is 5.85. The van der Waals surface area contributed by atoms with Crippen LogP contribution in [0.3, 0.4) is 0 Å². The first-order valence-electron chi connectivity index (χ1n) is 8.29. The molecule has 0 aliphatic rings. The van der Waals surface area contributed by atoms with E-state index in [1.54, 1.807) is 23.0 Å². The van der Waals surface area contributed by atoms with Gasteiger partial charge in [-0.15, -0.1) is 5.11 Å². The minimum Gasteiger partial charge on any atom is -0.508 e. The average molecular weight is 360 g/mol. The van der Waals surface area contributed by atoms with Crippen molar-refractivity contribution in [3.8, 4) is 11.4 Å². The highest BCUT2D eigenvalue weighted by Crippen LogP contribution is 2.24. The third-order valence-corrected chi connectivity index (χ3v) is 4.08. The quantitative estimate of drug-likeness (QED) is 0.531. The summed E-state index contributed by atoms with van der Waals surface area (Å²) < 4.78 is 1.73. The SMILES string of the molecule is OCc1cc(CN=Nc2ncnc3c2cnn3-c2ccccc2)ccc1O. The third-order valence-electron chi connectivity index (χ3n) is 4.08. The second-order valence-corrected chi connectivity index (χ2v) is 5.85. The van der Waals surface area contributed by atoms with Crippen LogP contribution >= 0.6 is 0 Å². The summed E-state index contributed by atoms with van der Waals surface area (Å²) in [6.45, 7) is 0.0631. The fourth-order valence-electron chi connectivity index (χ4n) is 2.72. The summed E-state index contributed by atoms with van der Waals surface area (Å²) in [6, 6.07) is 14.6. The van der Waals surface area contributed by atoms with Gasteiger partial charge in [-0.1, -0.05) is 24.3 Å². The number of fused-ring (bicyclic) bond motifs is 1. The highest BCUT2D eigenvalue weighted by Gasteiger charge is 2.10. The zero-order chi connectivity index (χ0) is 18.6. The molecular weight excluding hydrogens is 344 g/mol. The highest BCUT2D eigenvalue weighted by molar-refractivity contribution is 5.85. The summed E-state index contributed by atoms with van der Waals surface area (Å²) in [5.74, 6) is 0.493. The highest BCUT2D eigenvalue weighted by atomic mass is 16.3. The normalized spacial score (nSPS) is 11.4. The first-order chi connectivity index (χ1) is 13.3. The van der Waals surface area contributed by atoms with Gasteiger partial charge in [0.25, 0.3) is 0 Å². The van der Waals surface area contributed by atoms with Crippen molar-refractivity contribution in [3.05, 3.63) is 72.2 Å². The van der Waals surface area contributed by atoms with Crippen LogP contribution in [0.25, 0.3) is 16.7 Å². The van der Waals surface area contributed by atoms with E-state index in [2.05, 4.69) is 25.3 Å². The predicted octanol–water partition coefficient (Wildman–Crippen LogP) is 3.30. The lowest BCUT2D eigenvalue weighted by atomic mass is 10.1. The Hall–Kier alpha value is -3.65. The molecule has 0 radical (unpaired) electrons. The molecule has 134 valence electrons. The van der Waals surface area contributed by atoms with E-state index >= 15 is 0 Å². The molecule has 2 heterocycles. The zero-order valence-corrected chi connectivity index (χ0v) is 14.3. The van der Waals surface area contributed by atoms with E-state index < -0.39 is 0 Å². The van der Waals surface area contributed by atoms with Crippen LogP contribution in [0, 0.1) is 0 Å². The van der Waals surface area contributed by atoms with Crippen LogP contribution in [-0.4, -0.2) is 30.0 Å². The van der Waals surface area contributed by atoms with Gasteiger partial charge in [-0.25, -0.2) is 14.6 Å². The lowest BCUT2D eigenvalue weighted by Crippen LogP contribution is -1.96. The van der Waals surface area contributed by atoms with Gasteiger partial charge in [0.1, 0.15) is 12.1 Å². The number of benzene rings is 2. The molecule has 0 aliphatic heterocycles. The van der Waals surface area contributed by atoms with Gasteiger partial charge in [-0.2, -0.15) is 10.2 Å². The van der Waals surface area contributed by atoms with Crippen LogP contribution in [0.15, 0.2) is 71.3 Å². The lowest BCUT2D eigenvalue weighted by Gasteiger charge is -2.03. The Morgan fingerprint density at radius 1 is 1.04 bits per heavy atom. The van der Waals surface area contributed by atoms with Crippen LogP contribution in [0.2, 0.25) is 0 Å². The molecule has 0 atom stereocenters. The fraction of sp³-hybridized carbons (Fsp3) is 0.105. The Kier molecular flexibility index (Phi) is 4.54. The van der Waals surface area contributed by atoms with E-state index in [1.165, 1.54) is 12.4 Å². The van der Waals surface area contributed by atoms with Crippen molar-refractivity contribution < 1.29 is 10.2 Å². The number of aromatic nitrogens is 4. The number of hydrogen-bond donors (Lipinski definition) is 2. The lowest BCUT2D eigenvalue weighted by molar-refractivity contribution is 0.275. The van der Waals surface area contributed by atoms with Crippen molar-refractivity contribution in [2.24, 2.45) is 10.2 Å². The fourth-order valence-corrected chi connectivity index (χ4v) is 2.72. The molecule has 2 aromatic carbocycles. The summed E-state index contributed by atoms with van der Waals surface area (Å²) in [6.07, 6.45) is 3.10. The van der Waals surface area contributed by atoms with Crippen LogP contribution in [0.4, 0.5) is 5.82 Å². The smallest absolute Gasteiger partial charge is 0.188 e. The van der Waals surface area contributed by atoms with Gasteiger partial charge >= 0.3 is 0 Å². The van der Waals surface area contributed by atoms with Gasteiger partial charge in [0.2, 0.25) is 0 Å². The van der Waals surface area contributed by atoms with Crippen molar-refractivity contribution in [2.75, 3.05) is 0 Å². The Morgan fingerprint density at radius 2 is 1.89 bits per heavy atom. The molecule has 4 aromatic rings. The maximum atomic E-state index is 9.61. The second kappa shape index (κ2) is 7.30. The summed E-state index contributed by atoms with van der Waals surface area (Å²) in [4.78, 5) is 8.50. The van der Waals surface area contributed by atoms with E-state index in [9.17, 15) is 10.2 Å². The number of hydrogen-bond acceptors (Lipinski definition) is 7. The first kappa shape index (κ1) is 16.8. The zero-order valence-electron chi connectivity index (χ0n) is 14.3. The van der Waals surface area contributed by atoms with Crippen LogP contribution in [0.1, 0.15) is 11.1 Å². The van der Waals surface area contributed by atoms with Gasteiger partial charge in [0.15, 0.2) is 11.5 Å². The van der Waals surface area contributed by atoms with E-state index in [-0.39, 0.29) is 12.4 Å². The number of nitrogens with zero attached hydrogens (tertiary/aromatic N) is 6. The summed E-state index contributed by atoms with van der Waals surface area (Å²) >= 11 is 0. The van der Waals surface area contributed by atoms with Crippen LogP contribution in [0.5, 0.6) is 5.75 Å². The van der Waals surface area contributed by atoms with Crippen molar-refractivity contribution >= 4 is 16.9 Å². The van der Waals surface area contributed by atoms with Crippen LogP contribution in [-0.2, 0) is 13.2 Å². The molecule has 0 aliphatic carbocycles. The number of aliphatic hydroxyl groups excluding tert-OH is 1. The molecule has 0 saturated carbocycles. The average Bonchev–Trinajstić information content (AvgIpc) is 3.15. The molecule has 2 N–H and O–H groups in total. The van der Waals surface area contributed by atoms with E-state index in [4.69, 9.17) is 0 Å². The summed E-state index contributed by atoms with van der Waals surface area (Å²) in [5.41, 5.74) is 2.83. The van der Waals surface area contributed by atoms with E-state index in [0.29, 0.717) is 29.0 Å². The van der Waals surface area contributed by atoms with Gasteiger partial charge in [-0.05, 0) is 29.8 Å². The number of phenols is 1. The molecule has 0 saturated heterocycles. The molecule has 8 nitrogen and oxygen atoms in total. The molecule has 2 aromatic heterocycles. The molecular formula is C19H16N6O2. The molecule has 8 heteroatoms. The maximum Gasteiger partial charge on any atom is 0.188 e.